The zero-order valence-corrected chi connectivity index (χ0v) is 28.0. The molecule has 1 aromatic heterocycles. The number of amides is 2. The van der Waals surface area contributed by atoms with Crippen LogP contribution in [-0.4, -0.2) is 70.5 Å². The molecule has 4 aromatic rings. The van der Waals surface area contributed by atoms with Gasteiger partial charge in [0.2, 0.25) is 5.91 Å². The minimum absolute atomic E-state index is 0.00256. The van der Waals surface area contributed by atoms with E-state index in [1.807, 2.05) is 53.8 Å². The van der Waals surface area contributed by atoms with Crippen LogP contribution in [0.4, 0.5) is 0 Å². The summed E-state index contributed by atoms with van der Waals surface area (Å²) in [6, 6.07) is 18.1. The molecule has 0 fully saturated rings. The molecule has 0 saturated heterocycles. The standard InChI is InChI=1S/C35H35IN2O9/c1-20-7-9-21(10-8-20)18-38(34(43)25-15-23-5-3-4-6-28(23)47-35(25)44)27-16-24(33(42)37-11-12-39)17-29(31(27)41)46-32-26(36)13-22(19-40)14-30(32)45-2/h3-10,13-15,17,27,29,31,39-41H,11-12,16,18-19H2,1-2H3,(H,37,42). The minimum atomic E-state index is -1.37. The molecule has 2 amide bonds. The predicted octanol–water partition coefficient (Wildman–Crippen LogP) is 3.47. The van der Waals surface area contributed by atoms with Gasteiger partial charge in [-0.25, -0.2) is 4.79 Å². The van der Waals surface area contributed by atoms with Crippen LogP contribution in [0.1, 0.15) is 33.5 Å². The van der Waals surface area contributed by atoms with Crippen molar-refractivity contribution >= 4 is 45.4 Å². The third kappa shape index (κ3) is 7.67. The quantitative estimate of drug-likeness (QED) is 0.133. The highest BCUT2D eigenvalue weighted by atomic mass is 127. The normalized spacial score (nSPS) is 17.6. The number of methoxy groups -OCH3 is 1. The van der Waals surface area contributed by atoms with Gasteiger partial charge in [-0.05, 0) is 71.0 Å². The highest BCUT2D eigenvalue weighted by molar-refractivity contribution is 14.1. The zero-order chi connectivity index (χ0) is 33.7. The molecule has 3 atom stereocenters. The minimum Gasteiger partial charge on any atom is -0.493 e. The molecule has 47 heavy (non-hydrogen) atoms. The summed E-state index contributed by atoms with van der Waals surface area (Å²) in [7, 11) is 1.44. The number of aliphatic hydroxyl groups excluding tert-OH is 3. The van der Waals surface area contributed by atoms with Crippen LogP contribution in [0.2, 0.25) is 0 Å². The van der Waals surface area contributed by atoms with Gasteiger partial charge in [0.05, 0.1) is 29.9 Å². The number of ether oxygens (including phenoxy) is 2. The largest absolute Gasteiger partial charge is 0.493 e. The summed E-state index contributed by atoms with van der Waals surface area (Å²) >= 11 is 2.03. The van der Waals surface area contributed by atoms with Gasteiger partial charge in [-0.1, -0.05) is 48.0 Å². The van der Waals surface area contributed by atoms with Gasteiger partial charge in [-0.3, -0.25) is 9.59 Å². The second kappa shape index (κ2) is 15.1. The number of hydrogen-bond donors (Lipinski definition) is 4. The summed E-state index contributed by atoms with van der Waals surface area (Å²) < 4.78 is 17.9. The number of para-hydroxylation sites is 1. The molecule has 4 N–H and O–H groups in total. The van der Waals surface area contributed by atoms with Gasteiger partial charge in [0.15, 0.2) is 11.5 Å². The number of aliphatic hydroxyl groups is 3. The van der Waals surface area contributed by atoms with Gasteiger partial charge in [0.1, 0.15) is 23.4 Å². The fourth-order valence-corrected chi connectivity index (χ4v) is 6.28. The Morgan fingerprint density at radius 2 is 1.81 bits per heavy atom. The lowest BCUT2D eigenvalue weighted by molar-refractivity contribution is -0.118. The Hall–Kier alpha value is -4.24. The molecule has 3 aromatic carbocycles. The highest BCUT2D eigenvalue weighted by Gasteiger charge is 2.42. The van der Waals surface area contributed by atoms with E-state index in [-0.39, 0.29) is 49.6 Å². The Labute approximate surface area is 284 Å². The smallest absolute Gasteiger partial charge is 0.349 e. The van der Waals surface area contributed by atoms with E-state index in [2.05, 4.69) is 5.32 Å². The van der Waals surface area contributed by atoms with Gasteiger partial charge in [0, 0.05) is 30.5 Å². The van der Waals surface area contributed by atoms with Crippen molar-refractivity contribution in [2.24, 2.45) is 0 Å². The lowest BCUT2D eigenvalue weighted by Crippen LogP contribution is -2.55. The van der Waals surface area contributed by atoms with Crippen LogP contribution in [0.3, 0.4) is 0 Å². The number of nitrogens with zero attached hydrogens (tertiary/aromatic N) is 1. The number of fused-ring (bicyclic) bond motifs is 1. The van der Waals surface area contributed by atoms with Crippen LogP contribution in [0.15, 0.2) is 87.6 Å². The maximum atomic E-state index is 14.4. The first-order valence-corrected chi connectivity index (χ1v) is 16.0. The molecule has 5 rings (SSSR count). The average Bonchev–Trinajstić information content (AvgIpc) is 3.07. The molecule has 1 aliphatic carbocycles. The maximum Gasteiger partial charge on any atom is 0.349 e. The Kier molecular flexibility index (Phi) is 11.0. The van der Waals surface area contributed by atoms with E-state index in [9.17, 15) is 29.7 Å². The van der Waals surface area contributed by atoms with Crippen molar-refractivity contribution in [1.82, 2.24) is 10.2 Å². The number of rotatable bonds is 11. The number of halogens is 1. The summed E-state index contributed by atoms with van der Waals surface area (Å²) in [5.41, 5.74) is 1.81. The number of aryl methyl sites for hydroxylation is 1. The van der Waals surface area contributed by atoms with Gasteiger partial charge in [-0.2, -0.15) is 0 Å². The topological polar surface area (TPSA) is 159 Å². The lowest BCUT2D eigenvalue weighted by atomic mass is 9.87. The number of carbonyl (C=O) groups is 2. The van der Waals surface area contributed by atoms with Crippen molar-refractivity contribution in [2.75, 3.05) is 20.3 Å². The Morgan fingerprint density at radius 1 is 1.06 bits per heavy atom. The van der Waals surface area contributed by atoms with Gasteiger partial charge >= 0.3 is 5.63 Å². The van der Waals surface area contributed by atoms with E-state index in [4.69, 9.17) is 13.9 Å². The van der Waals surface area contributed by atoms with E-state index in [0.29, 0.717) is 25.9 Å². The molecule has 246 valence electrons. The van der Waals surface area contributed by atoms with Crippen molar-refractivity contribution in [1.29, 1.82) is 0 Å². The molecule has 3 unspecified atom stereocenters. The lowest BCUT2D eigenvalue weighted by Gasteiger charge is -2.40. The third-order valence-corrected chi connectivity index (χ3v) is 8.75. The van der Waals surface area contributed by atoms with Crippen LogP contribution < -0.4 is 20.4 Å². The van der Waals surface area contributed by atoms with Crippen LogP contribution >= 0.6 is 22.6 Å². The summed E-state index contributed by atoms with van der Waals surface area (Å²) in [5.74, 6) is -0.622. The van der Waals surface area contributed by atoms with Crippen molar-refractivity contribution in [2.45, 2.75) is 44.7 Å². The molecule has 11 nitrogen and oxygen atoms in total. The SMILES string of the molecule is COc1cc(CO)cc(I)c1OC1C=C(C(=O)NCCO)CC(N(Cc2ccc(C)cc2)C(=O)c2cc3ccccc3oc2=O)C1O. The first kappa shape index (κ1) is 34.1. The predicted molar refractivity (Wildman–Crippen MR) is 182 cm³/mol. The van der Waals surface area contributed by atoms with Crippen LogP contribution in [-0.2, 0) is 17.9 Å². The Morgan fingerprint density at radius 3 is 2.51 bits per heavy atom. The van der Waals surface area contributed by atoms with E-state index >= 15 is 0 Å². The molecule has 0 saturated carbocycles. The van der Waals surface area contributed by atoms with Crippen molar-refractivity contribution in [3.8, 4) is 11.5 Å². The van der Waals surface area contributed by atoms with E-state index in [0.717, 1.165) is 11.1 Å². The van der Waals surface area contributed by atoms with Gasteiger partial charge < -0.3 is 39.4 Å². The van der Waals surface area contributed by atoms with Crippen LogP contribution in [0, 0.1) is 10.5 Å². The molecule has 0 aliphatic heterocycles. The monoisotopic (exact) mass is 754 g/mol. The molecule has 1 heterocycles. The molecule has 0 radical (unpaired) electrons. The summed E-state index contributed by atoms with van der Waals surface area (Å²) in [6.07, 6.45) is -1.11. The zero-order valence-electron chi connectivity index (χ0n) is 25.8. The van der Waals surface area contributed by atoms with Gasteiger partial charge in [-0.15, -0.1) is 0 Å². The molecule has 1 aliphatic rings. The average molecular weight is 755 g/mol. The summed E-state index contributed by atoms with van der Waals surface area (Å²) in [5, 5.41) is 34.1. The van der Waals surface area contributed by atoms with Crippen molar-refractivity contribution < 1.29 is 38.8 Å². The van der Waals surface area contributed by atoms with E-state index in [1.54, 1.807) is 36.4 Å². The molecular weight excluding hydrogens is 719 g/mol. The number of benzene rings is 3. The van der Waals surface area contributed by atoms with Crippen molar-refractivity contribution in [3.05, 3.63) is 115 Å². The van der Waals surface area contributed by atoms with Crippen LogP contribution in [0.5, 0.6) is 11.5 Å². The van der Waals surface area contributed by atoms with E-state index < -0.39 is 35.7 Å². The first-order valence-electron chi connectivity index (χ1n) is 14.9. The second-order valence-electron chi connectivity index (χ2n) is 11.2. The van der Waals surface area contributed by atoms with Crippen molar-refractivity contribution in [3.63, 3.8) is 0 Å². The number of hydrogen-bond acceptors (Lipinski definition) is 9. The fraction of sp³-hybridized carbons (Fsp3) is 0.286. The highest BCUT2D eigenvalue weighted by Crippen LogP contribution is 2.37. The number of nitrogens with one attached hydrogen (secondary N) is 1. The molecule has 12 heteroatoms. The molecule has 0 bridgehead atoms. The summed E-state index contributed by atoms with van der Waals surface area (Å²) in [4.78, 5) is 42.2. The fourth-order valence-electron chi connectivity index (χ4n) is 5.49. The molecular formula is C35H35IN2O9. The maximum absolute atomic E-state index is 14.4. The van der Waals surface area contributed by atoms with Gasteiger partial charge in [0.25, 0.3) is 5.91 Å². The Bertz CT molecular complexity index is 1850. The van der Waals surface area contributed by atoms with E-state index in [1.165, 1.54) is 24.2 Å². The first-order chi connectivity index (χ1) is 22.6. The van der Waals surface area contributed by atoms with Crippen LogP contribution in [0.25, 0.3) is 11.0 Å². The Balaban J connectivity index is 1.60. The molecule has 0 spiro atoms. The third-order valence-electron chi connectivity index (χ3n) is 7.95. The second-order valence-corrected chi connectivity index (χ2v) is 12.3. The summed E-state index contributed by atoms with van der Waals surface area (Å²) in [6.45, 7) is 1.41. The number of carbonyl (C=O) groups excluding carboxylic acids is 2.